The second-order valence-electron chi connectivity index (χ2n) is 5.80. The predicted molar refractivity (Wildman–Crippen MR) is 89.7 cm³/mol. The number of rotatable bonds is 5. The molecule has 3 rings (SSSR count). The Morgan fingerprint density at radius 3 is 2.55 bits per heavy atom. The molecule has 0 unspecified atom stereocenters. The predicted octanol–water partition coefficient (Wildman–Crippen LogP) is 4.20. The van der Waals surface area contributed by atoms with Gasteiger partial charge < -0.3 is 10.1 Å². The fraction of sp³-hybridized carbons (Fsp3) is 0.211. The lowest BCUT2D eigenvalue weighted by Gasteiger charge is -2.10. The lowest BCUT2D eigenvalue weighted by Crippen LogP contribution is -2.19. The molecule has 3 nitrogen and oxygen atoms in total. The van der Waals surface area contributed by atoms with E-state index in [1.54, 1.807) is 0 Å². The minimum atomic E-state index is 0.535. The molecule has 1 aromatic carbocycles. The molecule has 3 aromatic rings. The highest BCUT2D eigenvalue weighted by Crippen LogP contribution is 2.20. The summed E-state index contributed by atoms with van der Waals surface area (Å²) >= 11 is 0. The van der Waals surface area contributed by atoms with Gasteiger partial charge in [-0.15, -0.1) is 0 Å². The first kappa shape index (κ1) is 14.4. The lowest BCUT2D eigenvalue weighted by atomic mass is 10.2. The molecular weight excluding hydrogens is 272 g/mol. The van der Waals surface area contributed by atoms with Crippen LogP contribution in [0.15, 0.2) is 67.0 Å². The molecule has 3 heteroatoms. The first-order chi connectivity index (χ1) is 10.7. The van der Waals surface area contributed by atoms with Crippen LogP contribution in [0, 0.1) is 5.92 Å². The summed E-state index contributed by atoms with van der Waals surface area (Å²) in [5.74, 6) is 1.45. The van der Waals surface area contributed by atoms with Gasteiger partial charge in [0.1, 0.15) is 5.75 Å². The van der Waals surface area contributed by atoms with E-state index in [2.05, 4.69) is 48.0 Å². The van der Waals surface area contributed by atoms with Crippen molar-refractivity contribution >= 4 is 16.9 Å². The summed E-state index contributed by atoms with van der Waals surface area (Å²) in [5, 5.41) is 3.42. The van der Waals surface area contributed by atoms with E-state index in [0.717, 1.165) is 29.2 Å². The van der Waals surface area contributed by atoms with Crippen LogP contribution in [0.5, 0.6) is 5.75 Å². The summed E-state index contributed by atoms with van der Waals surface area (Å²) in [6.45, 7) is 5.04. The number of hydrogen-bond acceptors (Lipinski definition) is 2. The highest BCUT2D eigenvalue weighted by atomic mass is 16.5. The molecule has 0 aliphatic heterocycles. The van der Waals surface area contributed by atoms with Crippen molar-refractivity contribution in [2.24, 2.45) is 5.92 Å². The van der Waals surface area contributed by atoms with Crippen LogP contribution in [0.25, 0.3) is 5.52 Å². The fourth-order valence-electron chi connectivity index (χ4n) is 2.24. The van der Waals surface area contributed by atoms with Crippen LogP contribution < -0.4 is 14.5 Å². The van der Waals surface area contributed by atoms with E-state index >= 15 is 0 Å². The molecule has 112 valence electrons. The first-order valence-corrected chi connectivity index (χ1v) is 7.61. The summed E-state index contributed by atoms with van der Waals surface area (Å²) in [7, 11) is 0. The van der Waals surface area contributed by atoms with Gasteiger partial charge in [-0.1, -0.05) is 13.8 Å². The third kappa shape index (κ3) is 3.55. The third-order valence-corrected chi connectivity index (χ3v) is 3.37. The Labute approximate surface area is 131 Å². The van der Waals surface area contributed by atoms with Gasteiger partial charge in [0.2, 0.25) is 5.52 Å². The Morgan fingerprint density at radius 2 is 1.77 bits per heavy atom. The summed E-state index contributed by atoms with van der Waals surface area (Å²) in [5.41, 5.74) is 3.28. The lowest BCUT2D eigenvalue weighted by molar-refractivity contribution is -0.511. The number of fused-ring (bicyclic) bond motifs is 1. The SMILES string of the molecule is CC(C)COc1ccc(Nc2cc[n+]3ccccc3c2)cc1. The molecular formula is C19H21N2O+. The van der Waals surface area contributed by atoms with Gasteiger partial charge in [-0.2, -0.15) is 4.40 Å². The van der Waals surface area contributed by atoms with Crippen molar-refractivity contribution < 1.29 is 9.14 Å². The van der Waals surface area contributed by atoms with E-state index in [9.17, 15) is 0 Å². The largest absolute Gasteiger partial charge is 0.493 e. The number of pyridine rings is 2. The van der Waals surface area contributed by atoms with Gasteiger partial charge in [0.15, 0.2) is 12.4 Å². The quantitative estimate of drug-likeness (QED) is 0.713. The minimum Gasteiger partial charge on any atom is -0.493 e. The second kappa shape index (κ2) is 6.48. The summed E-state index contributed by atoms with van der Waals surface area (Å²) in [6.07, 6.45) is 4.09. The van der Waals surface area contributed by atoms with Gasteiger partial charge in [0.25, 0.3) is 0 Å². The van der Waals surface area contributed by atoms with Gasteiger partial charge in [-0.05, 0) is 36.2 Å². The van der Waals surface area contributed by atoms with Gasteiger partial charge in [0.05, 0.1) is 12.3 Å². The Morgan fingerprint density at radius 1 is 0.955 bits per heavy atom. The van der Waals surface area contributed by atoms with E-state index in [1.807, 2.05) is 42.6 Å². The van der Waals surface area contributed by atoms with E-state index in [0.29, 0.717) is 5.92 Å². The van der Waals surface area contributed by atoms with Crippen molar-refractivity contribution in [3.05, 3.63) is 67.0 Å². The molecule has 0 amide bonds. The smallest absolute Gasteiger partial charge is 0.212 e. The summed E-state index contributed by atoms with van der Waals surface area (Å²) in [6, 6.07) is 18.4. The average Bonchev–Trinajstić information content (AvgIpc) is 2.54. The maximum absolute atomic E-state index is 5.70. The number of ether oxygens (including phenoxy) is 1. The molecule has 0 aliphatic carbocycles. The molecule has 0 aliphatic rings. The second-order valence-corrected chi connectivity index (χ2v) is 5.80. The Kier molecular flexibility index (Phi) is 4.24. The van der Waals surface area contributed by atoms with Crippen molar-refractivity contribution in [2.75, 3.05) is 11.9 Å². The molecule has 1 N–H and O–H groups in total. The number of aromatic nitrogens is 1. The van der Waals surface area contributed by atoms with Crippen LogP contribution >= 0.6 is 0 Å². The third-order valence-electron chi connectivity index (χ3n) is 3.37. The van der Waals surface area contributed by atoms with E-state index in [1.165, 1.54) is 0 Å². The van der Waals surface area contributed by atoms with Crippen LogP contribution in [0.2, 0.25) is 0 Å². The topological polar surface area (TPSA) is 25.4 Å². The molecule has 0 spiro atoms. The van der Waals surface area contributed by atoms with Crippen molar-refractivity contribution in [3.8, 4) is 5.75 Å². The molecule has 2 heterocycles. The molecule has 0 atom stereocenters. The first-order valence-electron chi connectivity index (χ1n) is 7.61. The van der Waals surface area contributed by atoms with Crippen molar-refractivity contribution in [1.29, 1.82) is 0 Å². The van der Waals surface area contributed by atoms with Crippen LogP contribution in [0.4, 0.5) is 11.4 Å². The minimum absolute atomic E-state index is 0.535. The van der Waals surface area contributed by atoms with Gasteiger partial charge in [0, 0.05) is 30.0 Å². The monoisotopic (exact) mass is 293 g/mol. The van der Waals surface area contributed by atoms with Crippen LogP contribution in [-0.4, -0.2) is 6.61 Å². The Hall–Kier alpha value is -2.55. The highest BCUT2D eigenvalue weighted by Gasteiger charge is 2.03. The zero-order chi connectivity index (χ0) is 15.4. The van der Waals surface area contributed by atoms with Crippen LogP contribution in [0.3, 0.4) is 0 Å². The Bertz CT molecular complexity index is 751. The van der Waals surface area contributed by atoms with E-state index in [-0.39, 0.29) is 0 Å². The molecule has 0 bridgehead atoms. The van der Waals surface area contributed by atoms with Crippen molar-refractivity contribution in [2.45, 2.75) is 13.8 Å². The maximum atomic E-state index is 5.70. The van der Waals surface area contributed by atoms with E-state index < -0.39 is 0 Å². The highest BCUT2D eigenvalue weighted by molar-refractivity contribution is 5.63. The number of nitrogens with one attached hydrogen (secondary N) is 1. The van der Waals surface area contributed by atoms with Crippen molar-refractivity contribution in [3.63, 3.8) is 0 Å². The zero-order valence-electron chi connectivity index (χ0n) is 13.0. The number of nitrogens with zero attached hydrogens (tertiary/aromatic N) is 1. The Balaban J connectivity index is 1.71. The normalized spacial score (nSPS) is 10.9. The molecule has 22 heavy (non-hydrogen) atoms. The maximum Gasteiger partial charge on any atom is 0.212 e. The zero-order valence-corrected chi connectivity index (χ0v) is 13.0. The summed E-state index contributed by atoms with van der Waals surface area (Å²) in [4.78, 5) is 0. The van der Waals surface area contributed by atoms with Gasteiger partial charge >= 0.3 is 0 Å². The number of anilines is 2. The fourth-order valence-corrected chi connectivity index (χ4v) is 2.24. The number of benzene rings is 1. The van der Waals surface area contributed by atoms with E-state index in [4.69, 9.17) is 4.74 Å². The van der Waals surface area contributed by atoms with Gasteiger partial charge in [-0.25, -0.2) is 0 Å². The van der Waals surface area contributed by atoms with Crippen LogP contribution in [-0.2, 0) is 0 Å². The standard InChI is InChI=1S/C19H20N2O/c1-15(2)14-22-19-8-6-16(7-9-19)20-17-10-12-21-11-4-3-5-18(21)13-17/h3-13,15H,14H2,1-2H3/p+1. The molecule has 0 fully saturated rings. The average molecular weight is 293 g/mol. The van der Waals surface area contributed by atoms with Gasteiger partial charge in [-0.3, -0.25) is 0 Å². The number of hydrogen-bond donors (Lipinski definition) is 1. The van der Waals surface area contributed by atoms with Crippen LogP contribution in [0.1, 0.15) is 13.8 Å². The molecule has 0 saturated heterocycles. The molecule has 0 radical (unpaired) electrons. The molecule has 0 saturated carbocycles. The van der Waals surface area contributed by atoms with Crippen molar-refractivity contribution in [1.82, 2.24) is 0 Å². The molecule has 2 aromatic heterocycles. The summed E-state index contributed by atoms with van der Waals surface area (Å²) < 4.78 is 7.79.